The van der Waals surface area contributed by atoms with Crippen LogP contribution in [0.3, 0.4) is 0 Å². The van der Waals surface area contributed by atoms with Gasteiger partial charge in [-0.15, -0.1) is 0 Å². The van der Waals surface area contributed by atoms with Crippen LogP contribution >= 0.6 is 0 Å². The van der Waals surface area contributed by atoms with Gasteiger partial charge >= 0.3 is 5.95 Å². The zero-order chi connectivity index (χ0) is 17.2. The smallest absolute Gasteiger partial charge is 0.396 e. The Kier molecular flexibility index (Phi) is 3.71. The van der Waals surface area contributed by atoms with E-state index in [1.165, 1.54) is 5.01 Å². The first-order valence-corrected chi connectivity index (χ1v) is 7.65. The van der Waals surface area contributed by atoms with Crippen LogP contribution in [0.2, 0.25) is 0 Å². The molecule has 1 aliphatic heterocycles. The largest absolute Gasteiger partial charge is 0.454 e. The van der Waals surface area contributed by atoms with Crippen LogP contribution in [0.25, 0.3) is 0 Å². The van der Waals surface area contributed by atoms with E-state index in [9.17, 15) is 0 Å². The molecule has 0 bridgehead atoms. The number of hydrazine groups is 1. The van der Waals surface area contributed by atoms with Gasteiger partial charge in [-0.05, 0) is 29.2 Å². The van der Waals surface area contributed by atoms with Gasteiger partial charge in [0.2, 0.25) is 6.79 Å². The minimum atomic E-state index is 0.231. The molecule has 126 valence electrons. The molecule has 2 heterocycles. The number of H-pyrrole nitrogens is 1. The number of hydrogen-bond acceptors (Lipinski definition) is 7. The molecule has 0 spiro atoms. The van der Waals surface area contributed by atoms with Crippen LogP contribution in [0.15, 0.2) is 54.7 Å². The molecule has 0 aliphatic carbocycles. The van der Waals surface area contributed by atoms with Crippen molar-refractivity contribution in [3.63, 3.8) is 0 Å². The molecule has 0 unspecified atom stereocenters. The Balaban J connectivity index is 1.61. The molecule has 8 heteroatoms. The van der Waals surface area contributed by atoms with E-state index in [1.54, 1.807) is 6.20 Å². The average Bonchev–Trinajstić information content (AvgIpc) is 3.11. The Hall–Kier alpha value is -3.52. The number of nitrogen functional groups attached to an aromatic ring is 1. The van der Waals surface area contributed by atoms with Gasteiger partial charge in [-0.25, -0.2) is 21.2 Å². The summed E-state index contributed by atoms with van der Waals surface area (Å²) in [6.45, 7) is 0.231. The molecule has 2 aromatic carbocycles. The summed E-state index contributed by atoms with van der Waals surface area (Å²) in [5.41, 5.74) is 8.03. The third-order valence-corrected chi connectivity index (χ3v) is 3.74. The van der Waals surface area contributed by atoms with Gasteiger partial charge in [-0.1, -0.05) is 18.2 Å². The second-order valence-electron chi connectivity index (χ2n) is 5.43. The predicted octanol–water partition coefficient (Wildman–Crippen LogP) is 1.96. The molecule has 4 rings (SSSR count). The highest BCUT2D eigenvalue weighted by Gasteiger charge is 2.19. The number of nitrogens with zero attached hydrogens (tertiary/aromatic N) is 2. The number of benzene rings is 2. The minimum absolute atomic E-state index is 0.231. The van der Waals surface area contributed by atoms with Crippen molar-refractivity contribution in [2.75, 3.05) is 22.9 Å². The van der Waals surface area contributed by atoms with E-state index in [-0.39, 0.29) is 6.79 Å². The fourth-order valence-corrected chi connectivity index (χ4v) is 2.49. The summed E-state index contributed by atoms with van der Waals surface area (Å²) in [6.07, 6.45) is 1.64. The highest BCUT2D eigenvalue weighted by Crippen LogP contribution is 2.35. The zero-order valence-electron chi connectivity index (χ0n) is 13.3. The summed E-state index contributed by atoms with van der Waals surface area (Å²) in [4.78, 5) is 7.47. The van der Waals surface area contributed by atoms with Crippen molar-refractivity contribution in [1.29, 1.82) is 0 Å². The van der Waals surface area contributed by atoms with Crippen molar-refractivity contribution in [3.05, 3.63) is 54.7 Å². The standard InChI is InChI=1S/C17H16N6O2/c18-13-9-20-17(21-11-6-7-14-15(8-11)25-10-24-14)22-16(13)23(19)12-4-2-1-3-5-12/h1-9H,10,18-19H2,(H,20,21,22)/p+1. The maximum atomic E-state index is 6.17. The Morgan fingerprint density at radius 3 is 2.72 bits per heavy atom. The number of nitrogens with one attached hydrogen (secondary N) is 2. The van der Waals surface area contributed by atoms with Crippen molar-refractivity contribution in [1.82, 2.24) is 4.98 Å². The van der Waals surface area contributed by atoms with Gasteiger partial charge in [-0.3, -0.25) is 0 Å². The molecule has 25 heavy (non-hydrogen) atoms. The first kappa shape index (κ1) is 15.0. The van der Waals surface area contributed by atoms with Crippen LogP contribution in [0.4, 0.5) is 28.8 Å². The molecule has 0 saturated heterocycles. The van der Waals surface area contributed by atoms with Gasteiger partial charge in [0.05, 0.1) is 11.9 Å². The molecule has 1 aliphatic rings. The highest BCUT2D eigenvalue weighted by atomic mass is 16.7. The molecular weight excluding hydrogens is 320 g/mol. The molecule has 0 saturated carbocycles. The molecule has 0 atom stereocenters. The first-order valence-electron chi connectivity index (χ1n) is 7.65. The SMILES string of the molecule is Nc1c[nH+]c(Nc2ccc3c(c2)OCO3)nc1N(N)c1ccccc1. The van der Waals surface area contributed by atoms with E-state index in [0.29, 0.717) is 23.2 Å². The van der Waals surface area contributed by atoms with E-state index >= 15 is 0 Å². The van der Waals surface area contributed by atoms with Crippen molar-refractivity contribution >= 4 is 28.8 Å². The Morgan fingerprint density at radius 1 is 1.08 bits per heavy atom. The normalized spacial score (nSPS) is 12.0. The molecule has 6 N–H and O–H groups in total. The fourth-order valence-electron chi connectivity index (χ4n) is 2.49. The fraction of sp³-hybridized carbons (Fsp3) is 0.0588. The number of aromatic nitrogens is 2. The van der Waals surface area contributed by atoms with Gasteiger partial charge in [0, 0.05) is 6.07 Å². The summed E-state index contributed by atoms with van der Waals surface area (Å²) in [5, 5.41) is 4.61. The number of fused-ring (bicyclic) bond motifs is 1. The van der Waals surface area contributed by atoms with Crippen molar-refractivity contribution < 1.29 is 14.5 Å². The molecule has 1 aromatic heterocycles. The molecule has 8 nitrogen and oxygen atoms in total. The van der Waals surface area contributed by atoms with E-state index in [2.05, 4.69) is 15.3 Å². The summed E-state index contributed by atoms with van der Waals surface area (Å²) in [6, 6.07) is 15.0. The Morgan fingerprint density at radius 2 is 1.88 bits per heavy atom. The lowest BCUT2D eigenvalue weighted by Gasteiger charge is -2.16. The third kappa shape index (κ3) is 2.98. The molecule has 0 fully saturated rings. The van der Waals surface area contributed by atoms with Gasteiger partial charge in [-0.2, -0.15) is 0 Å². The summed E-state index contributed by atoms with van der Waals surface area (Å²) >= 11 is 0. The van der Waals surface area contributed by atoms with Gasteiger partial charge < -0.3 is 15.2 Å². The number of nitrogens with two attached hydrogens (primary N) is 2. The van der Waals surface area contributed by atoms with E-state index in [0.717, 1.165) is 17.1 Å². The van der Waals surface area contributed by atoms with Crippen LogP contribution in [-0.2, 0) is 0 Å². The maximum absolute atomic E-state index is 6.17. The lowest BCUT2D eigenvalue weighted by molar-refractivity contribution is -0.363. The van der Waals surface area contributed by atoms with Crippen LogP contribution in [0.5, 0.6) is 11.5 Å². The number of rotatable bonds is 4. The molecule has 0 radical (unpaired) electrons. The van der Waals surface area contributed by atoms with Crippen LogP contribution in [0, 0.1) is 0 Å². The summed E-state index contributed by atoms with van der Waals surface area (Å²) in [7, 11) is 0. The average molecular weight is 337 g/mol. The third-order valence-electron chi connectivity index (χ3n) is 3.74. The number of anilines is 5. The van der Waals surface area contributed by atoms with Crippen molar-refractivity contribution in [3.8, 4) is 11.5 Å². The van der Waals surface area contributed by atoms with Crippen molar-refractivity contribution in [2.24, 2.45) is 5.84 Å². The molecule has 3 aromatic rings. The summed E-state index contributed by atoms with van der Waals surface area (Å²) in [5.74, 6) is 8.50. The van der Waals surface area contributed by atoms with Crippen molar-refractivity contribution in [2.45, 2.75) is 0 Å². The Bertz CT molecular complexity index is 903. The first-order chi connectivity index (χ1) is 12.2. The monoisotopic (exact) mass is 337 g/mol. The highest BCUT2D eigenvalue weighted by molar-refractivity contribution is 5.70. The predicted molar refractivity (Wildman–Crippen MR) is 93.8 cm³/mol. The van der Waals surface area contributed by atoms with E-state index in [1.807, 2.05) is 48.5 Å². The summed E-state index contributed by atoms with van der Waals surface area (Å²) < 4.78 is 10.7. The lowest BCUT2D eigenvalue weighted by atomic mass is 10.3. The topological polar surface area (TPSA) is 113 Å². The number of para-hydroxylation sites is 1. The van der Waals surface area contributed by atoms with Crippen LogP contribution < -0.4 is 36.4 Å². The van der Waals surface area contributed by atoms with Crippen LogP contribution in [-0.4, -0.2) is 11.8 Å². The minimum Gasteiger partial charge on any atom is -0.454 e. The lowest BCUT2D eigenvalue weighted by Crippen LogP contribution is -2.28. The number of ether oxygens (including phenoxy) is 2. The van der Waals surface area contributed by atoms with Gasteiger partial charge in [0.15, 0.2) is 11.5 Å². The van der Waals surface area contributed by atoms with E-state index < -0.39 is 0 Å². The Labute approximate surface area is 144 Å². The van der Waals surface area contributed by atoms with Gasteiger partial charge in [0.1, 0.15) is 11.4 Å². The maximum Gasteiger partial charge on any atom is 0.396 e. The van der Waals surface area contributed by atoms with Crippen LogP contribution in [0.1, 0.15) is 0 Å². The zero-order valence-corrected chi connectivity index (χ0v) is 13.3. The number of aromatic amines is 1. The van der Waals surface area contributed by atoms with E-state index in [4.69, 9.17) is 21.1 Å². The van der Waals surface area contributed by atoms with Gasteiger partial charge in [0.25, 0.3) is 5.82 Å². The second kappa shape index (κ2) is 6.17. The quantitative estimate of drug-likeness (QED) is 0.493. The number of hydrogen-bond donors (Lipinski definition) is 3. The molecular formula is C17H17N6O2+. The molecule has 0 amide bonds. The second-order valence-corrected chi connectivity index (χ2v) is 5.43.